The van der Waals surface area contributed by atoms with Gasteiger partial charge in [-0.1, -0.05) is 17.7 Å². The Morgan fingerprint density at radius 2 is 1.84 bits per heavy atom. The van der Waals surface area contributed by atoms with Crippen molar-refractivity contribution < 1.29 is 14.6 Å². The molecular weight excluding hydrogens is 316 g/mol. The number of hydrogen-bond donors (Lipinski definition) is 2. The number of likely N-dealkylation sites (N-methyl/N-ethyl adjacent to an activating group) is 1. The summed E-state index contributed by atoms with van der Waals surface area (Å²) in [4.78, 5) is 14.3. The van der Waals surface area contributed by atoms with Gasteiger partial charge in [-0.15, -0.1) is 0 Å². The number of benzene rings is 2. The van der Waals surface area contributed by atoms with E-state index in [0.29, 0.717) is 23.5 Å². The van der Waals surface area contributed by atoms with Crippen LogP contribution in [0.15, 0.2) is 42.5 Å². The van der Waals surface area contributed by atoms with Crippen LogP contribution in [0.2, 0.25) is 0 Å². The van der Waals surface area contributed by atoms with E-state index in [9.17, 15) is 9.90 Å². The Balaban J connectivity index is 1.93. The molecule has 2 aromatic carbocycles. The SMILES string of the molecule is Cc1ccc(C)c(C(=O)Nc2ccc(OCC(O)CN(C)C)cc2)c1. The fraction of sp³-hybridized carbons (Fsp3) is 0.350. The van der Waals surface area contributed by atoms with Crippen molar-refractivity contribution in [2.24, 2.45) is 0 Å². The van der Waals surface area contributed by atoms with E-state index in [-0.39, 0.29) is 12.5 Å². The van der Waals surface area contributed by atoms with Crippen LogP contribution in [0, 0.1) is 13.8 Å². The van der Waals surface area contributed by atoms with Gasteiger partial charge in [0.1, 0.15) is 18.5 Å². The number of aryl methyl sites for hydroxylation is 2. The van der Waals surface area contributed by atoms with Gasteiger partial charge in [0.2, 0.25) is 0 Å². The smallest absolute Gasteiger partial charge is 0.255 e. The van der Waals surface area contributed by atoms with E-state index in [2.05, 4.69) is 5.32 Å². The third-order valence-electron chi connectivity index (χ3n) is 3.77. The second-order valence-electron chi connectivity index (χ2n) is 6.52. The Morgan fingerprint density at radius 1 is 1.16 bits per heavy atom. The van der Waals surface area contributed by atoms with E-state index in [1.54, 1.807) is 24.3 Å². The van der Waals surface area contributed by atoms with Crippen molar-refractivity contribution in [1.29, 1.82) is 0 Å². The first kappa shape index (κ1) is 19.0. The Kier molecular flexibility index (Phi) is 6.56. The van der Waals surface area contributed by atoms with Crippen molar-refractivity contribution in [3.8, 4) is 5.75 Å². The molecule has 1 atom stereocenters. The fourth-order valence-corrected chi connectivity index (χ4v) is 2.48. The van der Waals surface area contributed by atoms with Crippen molar-refractivity contribution in [3.05, 3.63) is 59.2 Å². The maximum atomic E-state index is 12.4. The zero-order valence-electron chi connectivity index (χ0n) is 15.2. The molecule has 0 aliphatic heterocycles. The third kappa shape index (κ3) is 5.89. The lowest BCUT2D eigenvalue weighted by Gasteiger charge is -2.16. The predicted molar refractivity (Wildman–Crippen MR) is 100 cm³/mol. The van der Waals surface area contributed by atoms with Crippen LogP contribution >= 0.6 is 0 Å². The summed E-state index contributed by atoms with van der Waals surface area (Å²) in [6.07, 6.45) is -0.543. The molecule has 0 heterocycles. The molecule has 25 heavy (non-hydrogen) atoms. The van der Waals surface area contributed by atoms with Crippen LogP contribution in [-0.4, -0.2) is 49.3 Å². The summed E-state index contributed by atoms with van der Waals surface area (Å²) < 4.78 is 5.56. The van der Waals surface area contributed by atoms with E-state index in [0.717, 1.165) is 11.1 Å². The molecule has 0 aromatic heterocycles. The van der Waals surface area contributed by atoms with Gasteiger partial charge in [0.15, 0.2) is 0 Å². The number of hydrogen-bond acceptors (Lipinski definition) is 4. The minimum absolute atomic E-state index is 0.128. The summed E-state index contributed by atoms with van der Waals surface area (Å²) in [6.45, 7) is 4.66. The Labute approximate surface area is 149 Å². The van der Waals surface area contributed by atoms with Crippen LogP contribution in [0.5, 0.6) is 5.75 Å². The van der Waals surface area contributed by atoms with Crippen molar-refractivity contribution in [1.82, 2.24) is 4.90 Å². The van der Waals surface area contributed by atoms with Gasteiger partial charge in [-0.3, -0.25) is 4.79 Å². The van der Waals surface area contributed by atoms with Gasteiger partial charge in [-0.05, 0) is 63.8 Å². The van der Waals surface area contributed by atoms with E-state index in [1.807, 2.05) is 51.0 Å². The Morgan fingerprint density at radius 3 is 2.48 bits per heavy atom. The number of nitrogens with one attached hydrogen (secondary N) is 1. The van der Waals surface area contributed by atoms with Crippen molar-refractivity contribution in [2.45, 2.75) is 20.0 Å². The lowest BCUT2D eigenvalue weighted by molar-refractivity contribution is 0.0831. The molecule has 2 aromatic rings. The number of anilines is 1. The molecule has 5 nitrogen and oxygen atoms in total. The number of rotatable bonds is 7. The summed E-state index contributed by atoms with van der Waals surface area (Å²) in [6, 6.07) is 13.0. The topological polar surface area (TPSA) is 61.8 Å². The van der Waals surface area contributed by atoms with Crippen LogP contribution in [-0.2, 0) is 0 Å². The average Bonchev–Trinajstić information content (AvgIpc) is 2.55. The van der Waals surface area contributed by atoms with Crippen LogP contribution in [0.1, 0.15) is 21.5 Å². The lowest BCUT2D eigenvalue weighted by Crippen LogP contribution is -2.30. The molecule has 0 aliphatic carbocycles. The summed E-state index contributed by atoms with van der Waals surface area (Å²) in [7, 11) is 3.80. The zero-order valence-corrected chi connectivity index (χ0v) is 15.2. The van der Waals surface area contributed by atoms with E-state index >= 15 is 0 Å². The number of aliphatic hydroxyl groups excluding tert-OH is 1. The third-order valence-corrected chi connectivity index (χ3v) is 3.77. The predicted octanol–water partition coefficient (Wildman–Crippen LogP) is 2.86. The summed E-state index contributed by atoms with van der Waals surface area (Å²) >= 11 is 0. The van der Waals surface area contributed by atoms with Crippen LogP contribution < -0.4 is 10.1 Å². The van der Waals surface area contributed by atoms with Gasteiger partial charge in [-0.25, -0.2) is 0 Å². The minimum atomic E-state index is -0.543. The highest BCUT2D eigenvalue weighted by Crippen LogP contribution is 2.18. The first-order valence-corrected chi connectivity index (χ1v) is 8.29. The molecule has 134 valence electrons. The molecule has 0 bridgehead atoms. The zero-order chi connectivity index (χ0) is 18.4. The number of amides is 1. The van der Waals surface area contributed by atoms with Gasteiger partial charge >= 0.3 is 0 Å². The number of aliphatic hydroxyl groups is 1. The molecule has 0 spiro atoms. The number of carbonyl (C=O) groups is 1. The Bertz CT molecular complexity index is 711. The molecule has 5 heteroatoms. The van der Waals surface area contributed by atoms with E-state index in [1.165, 1.54) is 0 Å². The molecule has 1 unspecified atom stereocenters. The van der Waals surface area contributed by atoms with Gasteiger partial charge in [0.05, 0.1) is 0 Å². The molecule has 0 saturated heterocycles. The largest absolute Gasteiger partial charge is 0.491 e. The van der Waals surface area contributed by atoms with E-state index < -0.39 is 6.10 Å². The number of nitrogens with zero attached hydrogens (tertiary/aromatic N) is 1. The monoisotopic (exact) mass is 342 g/mol. The second kappa shape index (κ2) is 8.65. The standard InChI is InChI=1S/C20H26N2O3/c1-14-5-6-15(2)19(11-14)20(24)21-16-7-9-18(10-8-16)25-13-17(23)12-22(3)4/h5-11,17,23H,12-13H2,1-4H3,(H,21,24). The molecule has 0 fully saturated rings. The van der Waals surface area contributed by atoms with Gasteiger partial charge in [0.25, 0.3) is 5.91 Å². The van der Waals surface area contributed by atoms with Gasteiger partial charge < -0.3 is 20.1 Å². The van der Waals surface area contributed by atoms with E-state index in [4.69, 9.17) is 4.74 Å². The highest BCUT2D eigenvalue weighted by Gasteiger charge is 2.10. The number of carbonyl (C=O) groups excluding carboxylic acids is 1. The molecular formula is C20H26N2O3. The maximum Gasteiger partial charge on any atom is 0.255 e. The fourth-order valence-electron chi connectivity index (χ4n) is 2.48. The summed E-state index contributed by atoms with van der Waals surface area (Å²) in [5.74, 6) is 0.527. The first-order chi connectivity index (χ1) is 11.8. The summed E-state index contributed by atoms with van der Waals surface area (Å²) in [5.41, 5.74) is 3.37. The quantitative estimate of drug-likeness (QED) is 0.812. The van der Waals surface area contributed by atoms with Crippen molar-refractivity contribution >= 4 is 11.6 Å². The molecule has 2 rings (SSSR count). The van der Waals surface area contributed by atoms with Crippen LogP contribution in [0.4, 0.5) is 5.69 Å². The lowest BCUT2D eigenvalue weighted by atomic mass is 10.1. The highest BCUT2D eigenvalue weighted by atomic mass is 16.5. The van der Waals surface area contributed by atoms with Crippen molar-refractivity contribution in [3.63, 3.8) is 0 Å². The van der Waals surface area contributed by atoms with Gasteiger partial charge in [0, 0.05) is 17.8 Å². The van der Waals surface area contributed by atoms with Crippen LogP contribution in [0.3, 0.4) is 0 Å². The van der Waals surface area contributed by atoms with Gasteiger partial charge in [-0.2, -0.15) is 0 Å². The van der Waals surface area contributed by atoms with Crippen LogP contribution in [0.25, 0.3) is 0 Å². The maximum absolute atomic E-state index is 12.4. The molecule has 0 saturated carbocycles. The molecule has 2 N–H and O–H groups in total. The summed E-state index contributed by atoms with van der Waals surface area (Å²) in [5, 5.41) is 12.7. The molecule has 1 amide bonds. The van der Waals surface area contributed by atoms with Crippen molar-refractivity contribution in [2.75, 3.05) is 32.6 Å². The highest BCUT2D eigenvalue weighted by molar-refractivity contribution is 6.05. The first-order valence-electron chi connectivity index (χ1n) is 8.29. The normalized spacial score (nSPS) is 12.1. The second-order valence-corrected chi connectivity index (χ2v) is 6.52. The molecule has 0 aliphatic rings. The minimum Gasteiger partial charge on any atom is -0.491 e. The Hall–Kier alpha value is -2.37. The molecule has 0 radical (unpaired) electrons. The number of ether oxygens (including phenoxy) is 1. The average molecular weight is 342 g/mol.